The maximum absolute atomic E-state index is 13.2. The number of likely N-dealkylation sites (N-methyl/N-ethyl adjacent to an activating group) is 1. The van der Waals surface area contributed by atoms with Crippen LogP contribution in [0.15, 0.2) is 23.6 Å². The predicted octanol–water partition coefficient (Wildman–Crippen LogP) is 2.34. The summed E-state index contributed by atoms with van der Waals surface area (Å²) in [6.07, 6.45) is 0. The van der Waals surface area contributed by atoms with Crippen LogP contribution in [0.1, 0.15) is 15.9 Å². The number of hydrogen-bond acceptors (Lipinski definition) is 6. The molecule has 27 heavy (non-hydrogen) atoms. The second-order valence-corrected chi connectivity index (χ2v) is 8.16. The fraction of sp³-hybridized carbons (Fsp3) is 0.500. The summed E-state index contributed by atoms with van der Waals surface area (Å²) in [6.45, 7) is 8.34. The molecule has 0 aromatic carbocycles. The molecule has 0 bridgehead atoms. The number of carbonyl (C=O) groups excluding carboxylic acids is 1. The summed E-state index contributed by atoms with van der Waals surface area (Å²) in [5, 5.41) is 2.13. The third kappa shape index (κ3) is 4.00. The van der Waals surface area contributed by atoms with Crippen molar-refractivity contribution in [2.75, 3.05) is 64.4 Å². The second-order valence-electron chi connectivity index (χ2n) is 7.25. The first-order valence-corrected chi connectivity index (χ1v) is 10.4. The van der Waals surface area contributed by atoms with Crippen molar-refractivity contribution in [1.29, 1.82) is 0 Å². The van der Waals surface area contributed by atoms with Crippen molar-refractivity contribution in [3.8, 4) is 10.6 Å². The number of rotatable bonds is 3. The largest absolute Gasteiger partial charge is 0.378 e. The molecule has 2 aliphatic heterocycles. The van der Waals surface area contributed by atoms with Gasteiger partial charge < -0.3 is 19.4 Å². The van der Waals surface area contributed by atoms with Gasteiger partial charge in [0.15, 0.2) is 0 Å². The van der Waals surface area contributed by atoms with E-state index in [1.54, 1.807) is 11.3 Å². The Bertz CT molecular complexity index is 808. The van der Waals surface area contributed by atoms with Gasteiger partial charge in [0.1, 0.15) is 5.82 Å². The molecule has 2 aromatic rings. The van der Waals surface area contributed by atoms with Crippen LogP contribution in [0.4, 0.5) is 5.82 Å². The number of hydrogen-bond donors (Lipinski definition) is 0. The number of morpholine rings is 1. The number of anilines is 1. The molecule has 0 unspecified atom stereocenters. The van der Waals surface area contributed by atoms with Gasteiger partial charge in [-0.1, -0.05) is 0 Å². The third-order valence-electron chi connectivity index (χ3n) is 5.19. The van der Waals surface area contributed by atoms with Gasteiger partial charge in [0.2, 0.25) is 0 Å². The highest BCUT2D eigenvalue weighted by molar-refractivity contribution is 7.13. The van der Waals surface area contributed by atoms with Crippen LogP contribution in [-0.4, -0.2) is 80.2 Å². The van der Waals surface area contributed by atoms with Gasteiger partial charge in [-0.05, 0) is 43.1 Å². The van der Waals surface area contributed by atoms with Crippen molar-refractivity contribution >= 4 is 23.1 Å². The van der Waals surface area contributed by atoms with E-state index in [0.29, 0.717) is 18.8 Å². The van der Waals surface area contributed by atoms with Crippen LogP contribution < -0.4 is 4.90 Å². The number of ether oxygens (including phenoxy) is 1. The highest BCUT2D eigenvalue weighted by Crippen LogP contribution is 2.30. The fourth-order valence-electron chi connectivity index (χ4n) is 3.51. The number of piperazine rings is 1. The molecule has 0 saturated carbocycles. The zero-order valence-electron chi connectivity index (χ0n) is 16.0. The van der Waals surface area contributed by atoms with Crippen molar-refractivity contribution < 1.29 is 9.53 Å². The van der Waals surface area contributed by atoms with E-state index in [4.69, 9.17) is 9.72 Å². The average molecular weight is 387 g/mol. The number of nitrogens with zero attached hydrogens (tertiary/aromatic N) is 4. The first kappa shape index (κ1) is 18.4. The van der Waals surface area contributed by atoms with E-state index < -0.39 is 0 Å². The van der Waals surface area contributed by atoms with Gasteiger partial charge >= 0.3 is 0 Å². The normalized spacial score (nSPS) is 18.7. The van der Waals surface area contributed by atoms with Gasteiger partial charge in [-0.15, -0.1) is 11.3 Å². The van der Waals surface area contributed by atoms with E-state index in [0.717, 1.165) is 55.7 Å². The Kier molecular flexibility index (Phi) is 5.43. The van der Waals surface area contributed by atoms with E-state index in [1.165, 1.54) is 5.56 Å². The summed E-state index contributed by atoms with van der Waals surface area (Å²) < 4.78 is 5.50. The zero-order valence-corrected chi connectivity index (χ0v) is 16.8. The maximum Gasteiger partial charge on any atom is 0.257 e. The van der Waals surface area contributed by atoms with Crippen molar-refractivity contribution in [3.63, 3.8) is 0 Å². The minimum Gasteiger partial charge on any atom is -0.378 e. The lowest BCUT2D eigenvalue weighted by Crippen LogP contribution is -2.47. The molecule has 0 aliphatic carbocycles. The smallest absolute Gasteiger partial charge is 0.257 e. The quantitative estimate of drug-likeness (QED) is 0.810. The molecule has 2 aromatic heterocycles. The van der Waals surface area contributed by atoms with Gasteiger partial charge in [0.25, 0.3) is 5.91 Å². The summed E-state index contributed by atoms with van der Waals surface area (Å²) in [5.41, 5.74) is 2.88. The van der Waals surface area contributed by atoms with Crippen LogP contribution in [0.5, 0.6) is 0 Å². The summed E-state index contributed by atoms with van der Waals surface area (Å²) in [5.74, 6) is 0.886. The highest BCUT2D eigenvalue weighted by atomic mass is 32.1. The first-order valence-electron chi connectivity index (χ1n) is 9.49. The lowest BCUT2D eigenvalue weighted by Gasteiger charge is -2.34. The van der Waals surface area contributed by atoms with Gasteiger partial charge in [-0.3, -0.25) is 4.79 Å². The molecule has 0 atom stereocenters. The molecule has 144 valence electrons. The van der Waals surface area contributed by atoms with E-state index in [-0.39, 0.29) is 5.91 Å². The first-order chi connectivity index (χ1) is 13.1. The Balaban J connectivity index is 1.68. The van der Waals surface area contributed by atoms with Crippen LogP contribution >= 0.6 is 11.3 Å². The molecule has 2 saturated heterocycles. The van der Waals surface area contributed by atoms with Crippen molar-refractivity contribution in [2.24, 2.45) is 0 Å². The number of aromatic nitrogens is 1. The van der Waals surface area contributed by atoms with Crippen LogP contribution in [0, 0.1) is 6.92 Å². The van der Waals surface area contributed by atoms with Gasteiger partial charge in [-0.25, -0.2) is 4.98 Å². The third-order valence-corrected chi connectivity index (χ3v) is 6.26. The molecule has 4 rings (SSSR count). The molecule has 2 fully saturated rings. The minimum absolute atomic E-state index is 0.0889. The minimum atomic E-state index is 0.0889. The second kappa shape index (κ2) is 7.96. The van der Waals surface area contributed by atoms with E-state index in [9.17, 15) is 4.79 Å². The SMILES string of the molecule is Cc1csc(-c2ccc(C(=O)N3CCN(C)CC3)c(N3CCOCC3)n2)c1. The summed E-state index contributed by atoms with van der Waals surface area (Å²) in [7, 11) is 2.10. The van der Waals surface area contributed by atoms with E-state index >= 15 is 0 Å². The lowest BCUT2D eigenvalue weighted by atomic mass is 10.1. The molecule has 4 heterocycles. The van der Waals surface area contributed by atoms with Crippen LogP contribution in [0.25, 0.3) is 10.6 Å². The standard InChI is InChI=1S/C20H26N4O2S/c1-15-13-18(27-14-15)17-4-3-16(19(21-17)23-9-11-26-12-10-23)20(25)24-7-5-22(2)6-8-24/h3-4,13-14H,5-12H2,1-2H3. The Morgan fingerprint density at radius 2 is 1.85 bits per heavy atom. The topological polar surface area (TPSA) is 48.9 Å². The molecule has 2 aliphatic rings. The number of pyridine rings is 1. The Morgan fingerprint density at radius 3 is 2.52 bits per heavy atom. The van der Waals surface area contributed by atoms with E-state index in [1.807, 2.05) is 17.0 Å². The molecule has 7 heteroatoms. The van der Waals surface area contributed by atoms with Crippen molar-refractivity contribution in [3.05, 3.63) is 34.7 Å². The van der Waals surface area contributed by atoms with Crippen LogP contribution in [0.3, 0.4) is 0 Å². The van der Waals surface area contributed by atoms with Crippen molar-refractivity contribution in [1.82, 2.24) is 14.8 Å². The monoisotopic (exact) mass is 386 g/mol. The maximum atomic E-state index is 13.2. The number of aryl methyl sites for hydroxylation is 1. The molecular formula is C20H26N4O2S. The fourth-order valence-corrected chi connectivity index (χ4v) is 4.38. The van der Waals surface area contributed by atoms with Gasteiger partial charge in [-0.2, -0.15) is 0 Å². The Hall–Kier alpha value is -1.96. The molecule has 0 N–H and O–H groups in total. The zero-order chi connectivity index (χ0) is 18.8. The lowest BCUT2D eigenvalue weighted by molar-refractivity contribution is 0.0663. The molecule has 0 radical (unpaired) electrons. The van der Waals surface area contributed by atoms with Gasteiger partial charge in [0.05, 0.1) is 29.3 Å². The molecular weight excluding hydrogens is 360 g/mol. The number of carbonyl (C=O) groups is 1. The summed E-state index contributed by atoms with van der Waals surface area (Å²) in [4.78, 5) is 25.7. The Labute approximate surface area is 164 Å². The average Bonchev–Trinajstić information content (AvgIpc) is 3.15. The number of amides is 1. The molecule has 0 spiro atoms. The summed E-state index contributed by atoms with van der Waals surface area (Å²) >= 11 is 1.69. The molecule has 1 amide bonds. The van der Waals surface area contributed by atoms with Crippen molar-refractivity contribution in [2.45, 2.75) is 6.92 Å². The molecule has 6 nitrogen and oxygen atoms in total. The van der Waals surface area contributed by atoms with Crippen LogP contribution in [-0.2, 0) is 4.74 Å². The highest BCUT2D eigenvalue weighted by Gasteiger charge is 2.26. The van der Waals surface area contributed by atoms with E-state index in [2.05, 4.69) is 35.2 Å². The summed E-state index contributed by atoms with van der Waals surface area (Å²) in [6, 6.07) is 6.10. The number of thiophene rings is 1. The van der Waals surface area contributed by atoms with Crippen LogP contribution in [0.2, 0.25) is 0 Å². The predicted molar refractivity (Wildman–Crippen MR) is 109 cm³/mol. The van der Waals surface area contributed by atoms with Gasteiger partial charge in [0, 0.05) is 39.3 Å². The Morgan fingerprint density at radius 1 is 1.11 bits per heavy atom.